The first-order chi connectivity index (χ1) is 10.3. The second-order valence-corrected chi connectivity index (χ2v) is 5.94. The van der Waals surface area contributed by atoms with E-state index >= 15 is 0 Å². The van der Waals surface area contributed by atoms with Crippen LogP contribution in [0.4, 0.5) is 0 Å². The van der Waals surface area contributed by atoms with E-state index in [1.807, 2.05) is 39.0 Å². The van der Waals surface area contributed by atoms with Crippen LogP contribution in [-0.2, 0) is 5.41 Å². The maximum absolute atomic E-state index is 12.0. The normalized spacial score (nSPS) is 11.2. The molecule has 5 heteroatoms. The summed E-state index contributed by atoms with van der Waals surface area (Å²) in [5.74, 6) is -1.55. The minimum Gasteiger partial charge on any atom is -0.478 e. The Morgan fingerprint density at radius 3 is 2.59 bits per heavy atom. The van der Waals surface area contributed by atoms with Crippen molar-refractivity contribution in [2.75, 3.05) is 6.54 Å². The number of rotatable bonds is 5. The Balaban J connectivity index is 2.04. The van der Waals surface area contributed by atoms with E-state index in [1.54, 1.807) is 0 Å². The summed E-state index contributed by atoms with van der Waals surface area (Å²) in [6, 6.07) is 9.34. The Morgan fingerprint density at radius 2 is 2.00 bits per heavy atom. The molecule has 2 rings (SSSR count). The Hall–Kier alpha value is -2.56. The minimum absolute atomic E-state index is 0.00237. The van der Waals surface area contributed by atoms with Crippen LogP contribution in [0.1, 0.15) is 45.9 Å². The van der Waals surface area contributed by atoms with Crippen molar-refractivity contribution in [2.45, 2.75) is 26.2 Å². The summed E-state index contributed by atoms with van der Waals surface area (Å²) in [5.41, 5.74) is 2.00. The second-order valence-electron chi connectivity index (χ2n) is 5.94. The molecular formula is C17H19NO4. The van der Waals surface area contributed by atoms with E-state index < -0.39 is 11.9 Å². The monoisotopic (exact) mass is 301 g/mol. The van der Waals surface area contributed by atoms with Gasteiger partial charge in [0.2, 0.25) is 0 Å². The number of carboxylic acids is 1. The van der Waals surface area contributed by atoms with Crippen LogP contribution in [0.25, 0.3) is 0 Å². The molecule has 1 aromatic carbocycles. The second kappa shape index (κ2) is 6.05. The van der Waals surface area contributed by atoms with E-state index in [0.717, 1.165) is 17.4 Å². The maximum atomic E-state index is 12.0. The molecule has 22 heavy (non-hydrogen) atoms. The average molecular weight is 301 g/mol. The molecule has 0 bridgehead atoms. The number of aryl methyl sites for hydroxylation is 1. The number of hydrogen-bond donors (Lipinski definition) is 2. The van der Waals surface area contributed by atoms with Crippen molar-refractivity contribution in [3.05, 3.63) is 59.0 Å². The molecule has 2 aromatic rings. The summed E-state index contributed by atoms with van der Waals surface area (Å²) >= 11 is 0. The quantitative estimate of drug-likeness (QED) is 0.889. The maximum Gasteiger partial charge on any atom is 0.338 e. The largest absolute Gasteiger partial charge is 0.478 e. The first-order valence-corrected chi connectivity index (χ1v) is 6.97. The molecule has 0 atom stereocenters. The summed E-state index contributed by atoms with van der Waals surface area (Å²) in [6.07, 6.45) is 1.06. The fourth-order valence-electron chi connectivity index (χ4n) is 2.12. The number of nitrogens with one attached hydrogen (secondary N) is 1. The Morgan fingerprint density at radius 1 is 1.27 bits per heavy atom. The molecule has 0 saturated carbocycles. The van der Waals surface area contributed by atoms with Crippen molar-refractivity contribution in [1.29, 1.82) is 0 Å². The first kappa shape index (κ1) is 15.8. The molecule has 0 unspecified atom stereocenters. The lowest BCUT2D eigenvalue weighted by Crippen LogP contribution is -2.36. The van der Waals surface area contributed by atoms with Gasteiger partial charge >= 0.3 is 5.97 Å². The minimum atomic E-state index is -1.12. The number of hydrogen-bond acceptors (Lipinski definition) is 3. The highest BCUT2D eigenvalue weighted by Gasteiger charge is 2.23. The van der Waals surface area contributed by atoms with E-state index in [4.69, 9.17) is 9.52 Å². The number of benzene rings is 1. The van der Waals surface area contributed by atoms with Crippen LogP contribution >= 0.6 is 0 Å². The number of carbonyl (C=O) groups excluding carboxylic acids is 1. The van der Waals surface area contributed by atoms with Crippen LogP contribution in [0.5, 0.6) is 0 Å². The molecule has 1 heterocycles. The van der Waals surface area contributed by atoms with Crippen LogP contribution in [0.15, 0.2) is 41.0 Å². The molecule has 2 N–H and O–H groups in total. The highest BCUT2D eigenvalue weighted by Crippen LogP contribution is 2.23. The summed E-state index contributed by atoms with van der Waals surface area (Å²) in [4.78, 5) is 22.8. The fourth-order valence-corrected chi connectivity index (χ4v) is 2.12. The third-order valence-electron chi connectivity index (χ3n) is 3.56. The molecule has 0 aliphatic carbocycles. The van der Waals surface area contributed by atoms with Gasteiger partial charge in [-0.1, -0.05) is 43.7 Å². The molecule has 116 valence electrons. The zero-order chi connectivity index (χ0) is 16.3. The van der Waals surface area contributed by atoms with Gasteiger partial charge in [0, 0.05) is 18.0 Å². The Kier molecular flexibility index (Phi) is 4.35. The highest BCUT2D eigenvalue weighted by atomic mass is 16.4. The summed E-state index contributed by atoms with van der Waals surface area (Å²) in [7, 11) is 0. The van der Waals surface area contributed by atoms with Crippen LogP contribution in [-0.4, -0.2) is 23.5 Å². The van der Waals surface area contributed by atoms with Gasteiger partial charge in [-0.2, -0.15) is 0 Å². The third-order valence-corrected chi connectivity index (χ3v) is 3.56. The number of furan rings is 1. The summed E-state index contributed by atoms with van der Waals surface area (Å²) < 4.78 is 4.98. The Bertz CT molecular complexity index is 700. The Labute approximate surface area is 129 Å². The van der Waals surface area contributed by atoms with Gasteiger partial charge in [0.15, 0.2) is 5.76 Å². The number of aromatic carboxylic acids is 1. The van der Waals surface area contributed by atoms with Crippen LogP contribution in [0, 0.1) is 6.92 Å². The smallest absolute Gasteiger partial charge is 0.338 e. The van der Waals surface area contributed by atoms with E-state index in [0.29, 0.717) is 6.54 Å². The van der Waals surface area contributed by atoms with Gasteiger partial charge < -0.3 is 14.8 Å². The van der Waals surface area contributed by atoms with E-state index in [1.165, 1.54) is 6.07 Å². The van der Waals surface area contributed by atoms with Gasteiger partial charge in [-0.15, -0.1) is 0 Å². The molecule has 1 amide bonds. The zero-order valence-electron chi connectivity index (χ0n) is 12.8. The van der Waals surface area contributed by atoms with Crippen molar-refractivity contribution in [1.82, 2.24) is 5.32 Å². The SMILES string of the molecule is Cc1cccc(C(C)(C)CNC(=O)c2cc(C(=O)O)co2)c1. The van der Waals surface area contributed by atoms with Crippen molar-refractivity contribution in [2.24, 2.45) is 0 Å². The van der Waals surface area contributed by atoms with Crippen molar-refractivity contribution >= 4 is 11.9 Å². The topological polar surface area (TPSA) is 79.5 Å². The lowest BCUT2D eigenvalue weighted by Gasteiger charge is -2.25. The highest BCUT2D eigenvalue weighted by molar-refractivity contribution is 5.95. The third kappa shape index (κ3) is 3.55. The average Bonchev–Trinajstić information content (AvgIpc) is 2.95. The molecule has 0 spiro atoms. The van der Waals surface area contributed by atoms with Gasteiger partial charge in [0.1, 0.15) is 6.26 Å². The standard InChI is InChI=1S/C17H19NO4/c1-11-5-4-6-13(7-11)17(2,3)10-18-15(19)14-8-12(9-22-14)16(20)21/h4-9H,10H2,1-3H3,(H,18,19)(H,20,21). The van der Waals surface area contributed by atoms with Crippen LogP contribution in [0.3, 0.4) is 0 Å². The lowest BCUT2D eigenvalue weighted by molar-refractivity contribution is 0.0696. The molecule has 0 radical (unpaired) electrons. The van der Waals surface area contributed by atoms with Gasteiger partial charge in [-0.3, -0.25) is 4.79 Å². The summed E-state index contributed by atoms with van der Waals surface area (Å²) in [5, 5.41) is 11.6. The zero-order valence-corrected chi connectivity index (χ0v) is 12.8. The predicted molar refractivity (Wildman–Crippen MR) is 82.2 cm³/mol. The number of carboxylic acid groups (broad SMARTS) is 1. The van der Waals surface area contributed by atoms with Gasteiger partial charge in [-0.05, 0) is 12.5 Å². The van der Waals surface area contributed by atoms with Crippen molar-refractivity contribution in [3.8, 4) is 0 Å². The van der Waals surface area contributed by atoms with E-state index in [2.05, 4.69) is 11.4 Å². The molecule has 0 saturated heterocycles. The van der Waals surface area contributed by atoms with Gasteiger partial charge in [0.25, 0.3) is 5.91 Å². The van der Waals surface area contributed by atoms with Gasteiger partial charge in [-0.25, -0.2) is 4.79 Å². The van der Waals surface area contributed by atoms with Crippen LogP contribution in [0.2, 0.25) is 0 Å². The molecular weight excluding hydrogens is 282 g/mol. The molecule has 0 aliphatic heterocycles. The predicted octanol–water partition coefficient (Wildman–Crippen LogP) is 2.99. The molecule has 0 aliphatic rings. The first-order valence-electron chi connectivity index (χ1n) is 6.97. The van der Waals surface area contributed by atoms with Crippen molar-refractivity contribution in [3.63, 3.8) is 0 Å². The van der Waals surface area contributed by atoms with Gasteiger partial charge in [0.05, 0.1) is 5.56 Å². The molecule has 0 fully saturated rings. The molecule has 5 nitrogen and oxygen atoms in total. The molecule has 1 aromatic heterocycles. The van der Waals surface area contributed by atoms with E-state index in [-0.39, 0.29) is 16.7 Å². The summed E-state index contributed by atoms with van der Waals surface area (Å²) in [6.45, 7) is 6.51. The van der Waals surface area contributed by atoms with E-state index in [9.17, 15) is 9.59 Å². The van der Waals surface area contributed by atoms with Crippen LogP contribution < -0.4 is 5.32 Å². The lowest BCUT2D eigenvalue weighted by atomic mass is 9.84. The van der Waals surface area contributed by atoms with Crippen molar-refractivity contribution < 1.29 is 19.1 Å². The number of amides is 1. The fraction of sp³-hybridized carbons (Fsp3) is 0.294. The number of carbonyl (C=O) groups is 2.